The summed E-state index contributed by atoms with van der Waals surface area (Å²) in [7, 11) is -2.05. The fraction of sp³-hybridized carbons (Fsp3) is 0.417. The number of hydrogen-bond donors (Lipinski definition) is 3. The van der Waals surface area contributed by atoms with Crippen LogP contribution in [0.2, 0.25) is 0 Å². The van der Waals surface area contributed by atoms with E-state index in [2.05, 4.69) is 10.3 Å². The van der Waals surface area contributed by atoms with E-state index >= 15 is 0 Å². The molecule has 1 atom stereocenters. The molecule has 0 spiro atoms. The molecule has 1 aromatic rings. The van der Waals surface area contributed by atoms with Crippen LogP contribution in [0.15, 0.2) is 34.2 Å². The summed E-state index contributed by atoms with van der Waals surface area (Å²) < 4.78 is 27.2. The van der Waals surface area contributed by atoms with Crippen LogP contribution < -0.4 is 16.2 Å². The summed E-state index contributed by atoms with van der Waals surface area (Å²) in [6.45, 7) is 2.80. The fourth-order valence-electron chi connectivity index (χ4n) is 1.55. The first-order valence-corrected chi connectivity index (χ1v) is 7.54. The maximum Gasteiger partial charge on any atom is 0.238 e. The largest absolute Gasteiger partial charge is 0.383 e. The fourth-order valence-corrected chi connectivity index (χ4v) is 2.07. The van der Waals surface area contributed by atoms with Gasteiger partial charge in [-0.1, -0.05) is 12.1 Å². The number of guanidine groups is 1. The van der Waals surface area contributed by atoms with Crippen LogP contribution in [0.4, 0.5) is 0 Å². The van der Waals surface area contributed by atoms with Gasteiger partial charge in [-0.05, 0) is 24.6 Å². The zero-order valence-electron chi connectivity index (χ0n) is 11.5. The molecule has 0 radical (unpaired) electrons. The second-order valence-electron chi connectivity index (χ2n) is 4.39. The van der Waals surface area contributed by atoms with E-state index in [4.69, 9.17) is 15.6 Å². The number of benzene rings is 1. The number of nitrogens with two attached hydrogens (primary N) is 2. The van der Waals surface area contributed by atoms with Gasteiger partial charge in [-0.15, -0.1) is 0 Å². The molecule has 1 rings (SSSR count). The molecular formula is C12H20N4O3S. The summed E-state index contributed by atoms with van der Waals surface area (Å²) in [5.41, 5.74) is 6.55. The van der Waals surface area contributed by atoms with Gasteiger partial charge in [-0.3, -0.25) is 0 Å². The topological polar surface area (TPSA) is 120 Å². The van der Waals surface area contributed by atoms with Gasteiger partial charge < -0.3 is 15.8 Å². The SMILES string of the molecule is COCC(C)NC(N)=NCc1ccc(S(N)(=O)=O)cc1. The van der Waals surface area contributed by atoms with Crippen LogP contribution in [0.5, 0.6) is 0 Å². The molecule has 0 fully saturated rings. The Morgan fingerprint density at radius 3 is 2.50 bits per heavy atom. The smallest absolute Gasteiger partial charge is 0.238 e. The van der Waals surface area contributed by atoms with E-state index in [1.165, 1.54) is 12.1 Å². The first kappa shape index (κ1) is 16.4. The molecule has 0 aliphatic heterocycles. The van der Waals surface area contributed by atoms with Crippen LogP contribution >= 0.6 is 0 Å². The molecule has 8 heteroatoms. The summed E-state index contributed by atoms with van der Waals surface area (Å²) >= 11 is 0. The van der Waals surface area contributed by atoms with Gasteiger partial charge in [-0.25, -0.2) is 18.5 Å². The molecule has 0 saturated heterocycles. The summed E-state index contributed by atoms with van der Waals surface area (Å²) in [4.78, 5) is 4.23. The molecule has 0 saturated carbocycles. The molecule has 20 heavy (non-hydrogen) atoms. The van der Waals surface area contributed by atoms with Crippen molar-refractivity contribution in [2.24, 2.45) is 15.9 Å². The number of nitrogens with one attached hydrogen (secondary N) is 1. The minimum absolute atomic E-state index is 0.0634. The van der Waals surface area contributed by atoms with Crippen LogP contribution in [0.1, 0.15) is 12.5 Å². The first-order chi connectivity index (χ1) is 9.32. The van der Waals surface area contributed by atoms with Gasteiger partial charge in [0, 0.05) is 13.2 Å². The lowest BCUT2D eigenvalue weighted by molar-refractivity contribution is 0.179. The number of aliphatic imine (C=N–C) groups is 1. The molecule has 0 heterocycles. The van der Waals surface area contributed by atoms with E-state index in [-0.39, 0.29) is 10.9 Å². The van der Waals surface area contributed by atoms with E-state index in [0.717, 1.165) is 5.56 Å². The van der Waals surface area contributed by atoms with Crippen molar-refractivity contribution >= 4 is 16.0 Å². The molecule has 0 aromatic heterocycles. The Morgan fingerprint density at radius 1 is 1.40 bits per heavy atom. The number of primary sulfonamides is 1. The number of nitrogens with zero attached hydrogens (tertiary/aromatic N) is 1. The van der Waals surface area contributed by atoms with E-state index in [1.54, 1.807) is 19.2 Å². The van der Waals surface area contributed by atoms with E-state index in [9.17, 15) is 8.42 Å². The lowest BCUT2D eigenvalue weighted by atomic mass is 10.2. The molecular weight excluding hydrogens is 280 g/mol. The van der Waals surface area contributed by atoms with Gasteiger partial charge in [0.05, 0.1) is 18.0 Å². The van der Waals surface area contributed by atoms with Crippen LogP contribution in [-0.2, 0) is 21.3 Å². The van der Waals surface area contributed by atoms with Crippen molar-refractivity contribution in [1.82, 2.24) is 5.32 Å². The van der Waals surface area contributed by atoms with Crippen molar-refractivity contribution < 1.29 is 13.2 Å². The highest BCUT2D eigenvalue weighted by molar-refractivity contribution is 7.89. The molecule has 1 unspecified atom stereocenters. The van der Waals surface area contributed by atoms with Crippen molar-refractivity contribution in [3.8, 4) is 0 Å². The number of sulfonamides is 1. The molecule has 0 bridgehead atoms. The van der Waals surface area contributed by atoms with Crippen LogP contribution in [-0.4, -0.2) is 34.1 Å². The van der Waals surface area contributed by atoms with Crippen LogP contribution in [0, 0.1) is 0 Å². The first-order valence-electron chi connectivity index (χ1n) is 6.00. The normalized spacial score (nSPS) is 14.1. The zero-order valence-corrected chi connectivity index (χ0v) is 12.4. The molecule has 0 aliphatic rings. The Bertz CT molecular complexity index is 555. The number of methoxy groups -OCH3 is 1. The van der Waals surface area contributed by atoms with Crippen LogP contribution in [0.3, 0.4) is 0 Å². The maximum atomic E-state index is 11.1. The molecule has 5 N–H and O–H groups in total. The third kappa shape index (κ3) is 5.55. The Labute approximate surface area is 119 Å². The van der Waals surface area contributed by atoms with Gasteiger partial charge in [0.25, 0.3) is 0 Å². The highest BCUT2D eigenvalue weighted by atomic mass is 32.2. The lowest BCUT2D eigenvalue weighted by Crippen LogP contribution is -2.40. The maximum absolute atomic E-state index is 11.1. The van der Waals surface area contributed by atoms with Gasteiger partial charge in [0.1, 0.15) is 0 Å². The Balaban J connectivity index is 2.61. The van der Waals surface area contributed by atoms with Crippen molar-refractivity contribution in [3.05, 3.63) is 29.8 Å². The molecule has 112 valence electrons. The van der Waals surface area contributed by atoms with Gasteiger partial charge >= 0.3 is 0 Å². The quantitative estimate of drug-likeness (QED) is 0.495. The summed E-state index contributed by atoms with van der Waals surface area (Å²) in [6, 6.07) is 6.24. The monoisotopic (exact) mass is 300 g/mol. The second-order valence-corrected chi connectivity index (χ2v) is 5.95. The van der Waals surface area contributed by atoms with Crippen LogP contribution in [0.25, 0.3) is 0 Å². The average molecular weight is 300 g/mol. The van der Waals surface area contributed by atoms with Gasteiger partial charge in [-0.2, -0.15) is 0 Å². The lowest BCUT2D eigenvalue weighted by Gasteiger charge is -2.13. The Morgan fingerprint density at radius 2 is 2.00 bits per heavy atom. The average Bonchev–Trinajstić information content (AvgIpc) is 2.36. The van der Waals surface area contributed by atoms with E-state index < -0.39 is 10.0 Å². The van der Waals surface area contributed by atoms with Crippen molar-refractivity contribution in [3.63, 3.8) is 0 Å². The van der Waals surface area contributed by atoms with Crippen molar-refractivity contribution in [1.29, 1.82) is 0 Å². The van der Waals surface area contributed by atoms with Crippen molar-refractivity contribution in [2.75, 3.05) is 13.7 Å². The second kappa shape index (κ2) is 7.22. The number of hydrogen-bond acceptors (Lipinski definition) is 4. The predicted octanol–water partition coefficient (Wildman–Crippen LogP) is -0.227. The highest BCUT2D eigenvalue weighted by Crippen LogP contribution is 2.09. The third-order valence-corrected chi connectivity index (χ3v) is 3.42. The summed E-state index contributed by atoms with van der Waals surface area (Å²) in [5.74, 6) is 0.310. The number of rotatable bonds is 6. The van der Waals surface area contributed by atoms with Gasteiger partial charge in [0.2, 0.25) is 10.0 Å². The minimum atomic E-state index is -3.66. The number of ether oxygens (including phenoxy) is 1. The molecule has 0 aliphatic carbocycles. The standard InChI is InChI=1S/C12H20N4O3S/c1-9(8-19-2)16-12(13)15-7-10-3-5-11(6-4-10)20(14,17)18/h3-6,9H,7-8H2,1-2H3,(H3,13,15,16)(H2,14,17,18). The molecule has 7 nitrogen and oxygen atoms in total. The Kier molecular flexibility index (Phi) is 5.93. The molecule has 0 amide bonds. The van der Waals surface area contributed by atoms with E-state index in [1.807, 2.05) is 6.92 Å². The minimum Gasteiger partial charge on any atom is -0.383 e. The zero-order chi connectivity index (χ0) is 15.2. The summed E-state index contributed by atoms with van der Waals surface area (Å²) in [6.07, 6.45) is 0. The Hall–Kier alpha value is -1.64. The van der Waals surface area contributed by atoms with Crippen molar-refractivity contribution in [2.45, 2.75) is 24.4 Å². The summed E-state index contributed by atoms with van der Waals surface area (Å²) in [5, 5.41) is 7.99. The predicted molar refractivity (Wildman–Crippen MR) is 77.6 cm³/mol. The highest BCUT2D eigenvalue weighted by Gasteiger charge is 2.06. The third-order valence-electron chi connectivity index (χ3n) is 2.49. The molecule has 1 aromatic carbocycles. The van der Waals surface area contributed by atoms with Gasteiger partial charge in [0.15, 0.2) is 5.96 Å². The van der Waals surface area contributed by atoms with E-state index in [0.29, 0.717) is 19.1 Å².